The summed E-state index contributed by atoms with van der Waals surface area (Å²) < 4.78 is 13.3. The Morgan fingerprint density at radius 3 is 2.95 bits per heavy atom. The third-order valence-electron chi connectivity index (χ3n) is 3.83. The Balaban J connectivity index is 2.06. The quantitative estimate of drug-likeness (QED) is 0.856. The molecule has 0 amide bonds. The molecular weight excluding hydrogens is 243 g/mol. The van der Waals surface area contributed by atoms with E-state index in [2.05, 4.69) is 17.1 Å². The van der Waals surface area contributed by atoms with Crippen molar-refractivity contribution in [2.45, 2.75) is 25.8 Å². The maximum Gasteiger partial charge on any atom is 0.125 e. The Bertz CT molecular complexity index is 399. The summed E-state index contributed by atoms with van der Waals surface area (Å²) in [6, 6.07) is 7.17. The Hall–Kier alpha value is -1.13. The third-order valence-corrected chi connectivity index (χ3v) is 3.83. The molecule has 3 nitrogen and oxygen atoms in total. The molecule has 1 aliphatic heterocycles. The minimum atomic E-state index is -0.184. The maximum absolute atomic E-state index is 13.3. The van der Waals surface area contributed by atoms with Crippen molar-refractivity contribution in [3.05, 3.63) is 30.1 Å². The predicted octanol–water partition coefficient (Wildman–Crippen LogP) is 2.01. The molecule has 1 aromatic rings. The summed E-state index contributed by atoms with van der Waals surface area (Å²) in [5, 5.41) is 12.3. The van der Waals surface area contributed by atoms with Crippen molar-refractivity contribution >= 4 is 5.69 Å². The van der Waals surface area contributed by atoms with Gasteiger partial charge in [-0.2, -0.15) is 0 Å². The highest BCUT2D eigenvalue weighted by molar-refractivity contribution is 5.47. The lowest BCUT2D eigenvalue weighted by Crippen LogP contribution is -2.49. The minimum Gasteiger partial charge on any atom is -0.395 e. The highest BCUT2D eigenvalue weighted by Gasteiger charge is 2.26. The van der Waals surface area contributed by atoms with E-state index < -0.39 is 0 Å². The van der Waals surface area contributed by atoms with Gasteiger partial charge >= 0.3 is 0 Å². The van der Waals surface area contributed by atoms with Crippen LogP contribution in [0.1, 0.15) is 19.8 Å². The second kappa shape index (κ2) is 6.87. The molecule has 106 valence electrons. The molecule has 0 saturated carbocycles. The van der Waals surface area contributed by atoms with Gasteiger partial charge in [0.1, 0.15) is 5.82 Å². The number of anilines is 1. The van der Waals surface area contributed by atoms with Gasteiger partial charge in [0, 0.05) is 31.4 Å². The van der Waals surface area contributed by atoms with Gasteiger partial charge in [0.2, 0.25) is 0 Å². The van der Waals surface area contributed by atoms with E-state index in [0.717, 1.165) is 31.6 Å². The second-order valence-electron chi connectivity index (χ2n) is 5.27. The van der Waals surface area contributed by atoms with E-state index >= 15 is 0 Å². The van der Waals surface area contributed by atoms with Gasteiger partial charge in [0.25, 0.3) is 0 Å². The normalized spacial score (nSPS) is 23.6. The van der Waals surface area contributed by atoms with Crippen molar-refractivity contribution in [1.29, 1.82) is 0 Å². The number of piperidine rings is 1. The monoisotopic (exact) mass is 266 g/mol. The third kappa shape index (κ3) is 3.91. The molecule has 0 bridgehead atoms. The molecule has 2 unspecified atom stereocenters. The number of nitrogens with zero attached hydrogens (tertiary/aromatic N) is 1. The zero-order chi connectivity index (χ0) is 13.7. The number of aliphatic hydroxyl groups is 1. The molecule has 1 saturated heterocycles. The summed E-state index contributed by atoms with van der Waals surface area (Å²) in [5.41, 5.74) is 0.953. The zero-order valence-corrected chi connectivity index (χ0v) is 11.5. The molecule has 1 aromatic carbocycles. The van der Waals surface area contributed by atoms with Gasteiger partial charge in [-0.3, -0.25) is 0 Å². The number of hydrogen-bond donors (Lipinski definition) is 2. The van der Waals surface area contributed by atoms with Crippen LogP contribution in [0.3, 0.4) is 0 Å². The summed E-state index contributed by atoms with van der Waals surface area (Å²) in [5.74, 6) is 0.434. The lowest BCUT2D eigenvalue weighted by molar-refractivity contribution is 0.265. The molecule has 2 rings (SSSR count). The molecule has 0 aromatic heterocycles. The first-order valence-corrected chi connectivity index (χ1v) is 7.07. The van der Waals surface area contributed by atoms with E-state index in [0.29, 0.717) is 18.5 Å². The van der Waals surface area contributed by atoms with E-state index in [4.69, 9.17) is 5.11 Å². The largest absolute Gasteiger partial charge is 0.395 e. The smallest absolute Gasteiger partial charge is 0.125 e. The number of halogens is 1. The van der Waals surface area contributed by atoms with E-state index in [1.165, 1.54) is 6.07 Å². The summed E-state index contributed by atoms with van der Waals surface area (Å²) in [6.07, 6.45) is 2.26. The van der Waals surface area contributed by atoms with E-state index in [1.54, 1.807) is 12.1 Å². The summed E-state index contributed by atoms with van der Waals surface area (Å²) in [6.45, 7) is 4.84. The van der Waals surface area contributed by atoms with Gasteiger partial charge in [-0.15, -0.1) is 0 Å². The molecule has 0 spiro atoms. The van der Waals surface area contributed by atoms with Gasteiger partial charge in [-0.25, -0.2) is 4.39 Å². The summed E-state index contributed by atoms with van der Waals surface area (Å²) in [7, 11) is 0. The van der Waals surface area contributed by atoms with E-state index in [-0.39, 0.29) is 12.4 Å². The van der Waals surface area contributed by atoms with Gasteiger partial charge in [-0.05, 0) is 30.5 Å². The molecule has 2 atom stereocenters. The van der Waals surface area contributed by atoms with Gasteiger partial charge in [0.15, 0.2) is 0 Å². The number of aliphatic hydroxyl groups excluding tert-OH is 1. The standard InChI is InChI=1S/C15H23FN2O/c1-2-12-8-14(17-6-7-19)11-18(10-12)15-5-3-4-13(16)9-15/h3-5,9,12,14,17,19H,2,6-8,10-11H2,1H3. The van der Waals surface area contributed by atoms with Crippen LogP contribution in [0.15, 0.2) is 24.3 Å². The number of benzene rings is 1. The van der Waals surface area contributed by atoms with Crippen LogP contribution in [0.5, 0.6) is 0 Å². The lowest BCUT2D eigenvalue weighted by atomic mass is 9.91. The molecule has 0 aliphatic carbocycles. The maximum atomic E-state index is 13.3. The van der Waals surface area contributed by atoms with Crippen LogP contribution in [-0.4, -0.2) is 37.4 Å². The average molecular weight is 266 g/mol. The van der Waals surface area contributed by atoms with Crippen LogP contribution in [0.2, 0.25) is 0 Å². The Morgan fingerprint density at radius 2 is 2.26 bits per heavy atom. The van der Waals surface area contributed by atoms with Crippen LogP contribution in [-0.2, 0) is 0 Å². The minimum absolute atomic E-state index is 0.160. The SMILES string of the molecule is CCC1CC(NCCO)CN(c2cccc(F)c2)C1. The molecule has 1 fully saturated rings. The first-order valence-electron chi connectivity index (χ1n) is 7.07. The summed E-state index contributed by atoms with van der Waals surface area (Å²) in [4.78, 5) is 2.25. The van der Waals surface area contributed by atoms with Crippen molar-refractivity contribution in [1.82, 2.24) is 5.32 Å². The van der Waals surface area contributed by atoms with Crippen LogP contribution >= 0.6 is 0 Å². The Morgan fingerprint density at radius 1 is 1.42 bits per heavy atom. The zero-order valence-electron chi connectivity index (χ0n) is 11.5. The van der Waals surface area contributed by atoms with Crippen LogP contribution in [0.4, 0.5) is 10.1 Å². The number of nitrogens with one attached hydrogen (secondary N) is 1. The molecule has 1 aliphatic rings. The first kappa shape index (κ1) is 14.3. The highest BCUT2D eigenvalue weighted by Crippen LogP contribution is 2.25. The molecule has 19 heavy (non-hydrogen) atoms. The summed E-state index contributed by atoms with van der Waals surface area (Å²) >= 11 is 0. The Kier molecular flexibility index (Phi) is 5.16. The van der Waals surface area contributed by atoms with Gasteiger partial charge in [-0.1, -0.05) is 19.4 Å². The molecule has 1 heterocycles. The highest BCUT2D eigenvalue weighted by atomic mass is 19.1. The van der Waals surface area contributed by atoms with E-state index in [9.17, 15) is 4.39 Å². The van der Waals surface area contributed by atoms with Gasteiger partial charge < -0.3 is 15.3 Å². The predicted molar refractivity (Wildman–Crippen MR) is 75.9 cm³/mol. The number of rotatable bonds is 5. The fourth-order valence-electron chi connectivity index (χ4n) is 2.80. The fraction of sp³-hybridized carbons (Fsp3) is 0.600. The van der Waals surface area contributed by atoms with Crippen LogP contribution in [0, 0.1) is 11.7 Å². The van der Waals surface area contributed by atoms with Gasteiger partial charge in [0.05, 0.1) is 6.61 Å². The molecular formula is C15H23FN2O. The average Bonchev–Trinajstić information content (AvgIpc) is 2.44. The van der Waals surface area contributed by atoms with Crippen LogP contribution in [0.25, 0.3) is 0 Å². The van der Waals surface area contributed by atoms with Crippen molar-refractivity contribution in [3.8, 4) is 0 Å². The number of hydrogen-bond acceptors (Lipinski definition) is 3. The molecule has 4 heteroatoms. The Labute approximate surface area is 114 Å². The lowest BCUT2D eigenvalue weighted by Gasteiger charge is -2.39. The van der Waals surface area contributed by atoms with Crippen LogP contribution < -0.4 is 10.2 Å². The fourth-order valence-corrected chi connectivity index (χ4v) is 2.80. The van der Waals surface area contributed by atoms with Crippen molar-refractivity contribution in [2.24, 2.45) is 5.92 Å². The van der Waals surface area contributed by atoms with Crippen molar-refractivity contribution < 1.29 is 9.50 Å². The van der Waals surface area contributed by atoms with E-state index in [1.807, 2.05) is 6.07 Å². The second-order valence-corrected chi connectivity index (χ2v) is 5.27. The van der Waals surface area contributed by atoms with Crippen molar-refractivity contribution in [2.75, 3.05) is 31.1 Å². The molecule has 0 radical (unpaired) electrons. The molecule has 2 N–H and O–H groups in total. The topological polar surface area (TPSA) is 35.5 Å². The first-order chi connectivity index (χ1) is 9.22. The van der Waals surface area contributed by atoms with Crippen molar-refractivity contribution in [3.63, 3.8) is 0 Å².